The van der Waals surface area contributed by atoms with E-state index in [9.17, 15) is 13.2 Å². The zero-order chi connectivity index (χ0) is 12.4. The van der Waals surface area contributed by atoms with Gasteiger partial charge in [0.15, 0.2) is 5.92 Å². The largest absolute Gasteiger partial charge is 0.405 e. The number of alkyl halides is 3. The van der Waals surface area contributed by atoms with Gasteiger partial charge in [-0.2, -0.15) is 18.4 Å². The van der Waals surface area contributed by atoms with Gasteiger partial charge < -0.3 is 10.1 Å². The van der Waals surface area contributed by atoms with Gasteiger partial charge in [0.25, 0.3) is 0 Å². The van der Waals surface area contributed by atoms with Crippen LogP contribution in [0.5, 0.6) is 0 Å². The van der Waals surface area contributed by atoms with E-state index >= 15 is 0 Å². The van der Waals surface area contributed by atoms with Gasteiger partial charge in [0, 0.05) is 19.8 Å². The molecule has 1 atom stereocenters. The fourth-order valence-electron chi connectivity index (χ4n) is 1.03. The van der Waals surface area contributed by atoms with E-state index in [1.807, 2.05) is 6.92 Å². The Bertz CT molecular complexity index is 213. The van der Waals surface area contributed by atoms with E-state index in [2.05, 4.69) is 5.32 Å². The van der Waals surface area contributed by atoms with Gasteiger partial charge in [0.1, 0.15) is 0 Å². The number of ether oxygens (including phenoxy) is 1. The van der Waals surface area contributed by atoms with Crippen LogP contribution in [0.1, 0.15) is 19.8 Å². The molecule has 6 heteroatoms. The van der Waals surface area contributed by atoms with Crippen molar-refractivity contribution in [2.45, 2.75) is 25.9 Å². The van der Waals surface area contributed by atoms with Crippen molar-refractivity contribution in [3.05, 3.63) is 0 Å². The number of nitrogens with zero attached hydrogens (tertiary/aromatic N) is 1. The van der Waals surface area contributed by atoms with E-state index in [1.54, 1.807) is 0 Å². The highest BCUT2D eigenvalue weighted by Gasteiger charge is 2.39. The zero-order valence-electron chi connectivity index (χ0n) is 9.31. The molecule has 1 unspecified atom stereocenters. The van der Waals surface area contributed by atoms with E-state index in [-0.39, 0.29) is 6.54 Å². The van der Waals surface area contributed by atoms with E-state index < -0.39 is 12.1 Å². The molecule has 16 heavy (non-hydrogen) atoms. The molecule has 3 nitrogen and oxygen atoms in total. The minimum absolute atomic E-state index is 0.353. The van der Waals surface area contributed by atoms with Crippen molar-refractivity contribution in [3.63, 3.8) is 0 Å². The number of hydrogen-bond donors (Lipinski definition) is 1. The lowest BCUT2D eigenvalue weighted by Gasteiger charge is -2.13. The van der Waals surface area contributed by atoms with Gasteiger partial charge in [-0.15, -0.1) is 0 Å². The fourth-order valence-corrected chi connectivity index (χ4v) is 1.03. The van der Waals surface area contributed by atoms with Gasteiger partial charge in [0.2, 0.25) is 0 Å². The van der Waals surface area contributed by atoms with Crippen molar-refractivity contribution < 1.29 is 17.9 Å². The lowest BCUT2D eigenvalue weighted by Crippen LogP contribution is -2.33. The van der Waals surface area contributed by atoms with E-state index in [4.69, 9.17) is 10.00 Å². The summed E-state index contributed by atoms with van der Waals surface area (Å²) in [5, 5.41) is 10.9. The SMILES string of the molecule is CCCOCCCNCC(C#N)C(F)(F)F. The molecule has 0 saturated carbocycles. The monoisotopic (exact) mass is 238 g/mol. The summed E-state index contributed by atoms with van der Waals surface area (Å²) in [6.07, 6.45) is -2.87. The Kier molecular flexibility index (Phi) is 7.95. The van der Waals surface area contributed by atoms with Crippen molar-refractivity contribution in [2.24, 2.45) is 5.92 Å². The Balaban J connectivity index is 3.47. The molecule has 0 radical (unpaired) electrons. The molecule has 0 amide bonds. The third-order valence-corrected chi connectivity index (χ3v) is 1.89. The van der Waals surface area contributed by atoms with Crippen LogP contribution >= 0.6 is 0 Å². The highest BCUT2D eigenvalue weighted by atomic mass is 19.4. The van der Waals surface area contributed by atoms with E-state index in [0.29, 0.717) is 26.2 Å². The average Bonchev–Trinajstić information content (AvgIpc) is 2.20. The molecule has 0 aromatic carbocycles. The van der Waals surface area contributed by atoms with Crippen molar-refractivity contribution in [2.75, 3.05) is 26.3 Å². The van der Waals surface area contributed by atoms with Crippen LogP contribution < -0.4 is 5.32 Å². The van der Waals surface area contributed by atoms with Crippen LogP contribution in [0.25, 0.3) is 0 Å². The molecule has 0 aromatic rings. The molecule has 0 rings (SSSR count). The second kappa shape index (κ2) is 8.36. The number of halogens is 3. The first-order valence-electron chi connectivity index (χ1n) is 5.27. The summed E-state index contributed by atoms with van der Waals surface area (Å²) in [6.45, 7) is 3.26. The minimum Gasteiger partial charge on any atom is -0.381 e. The van der Waals surface area contributed by atoms with Crippen LogP contribution in [0.4, 0.5) is 13.2 Å². The van der Waals surface area contributed by atoms with Gasteiger partial charge in [-0.25, -0.2) is 0 Å². The second-order valence-corrected chi connectivity index (χ2v) is 3.39. The van der Waals surface area contributed by atoms with Gasteiger partial charge in [0.05, 0.1) is 6.07 Å². The van der Waals surface area contributed by atoms with Crippen LogP contribution in [0.15, 0.2) is 0 Å². The second-order valence-electron chi connectivity index (χ2n) is 3.39. The van der Waals surface area contributed by atoms with Crippen molar-refractivity contribution in [1.29, 1.82) is 5.26 Å². The Morgan fingerprint density at radius 1 is 1.38 bits per heavy atom. The van der Waals surface area contributed by atoms with Crippen molar-refractivity contribution in [3.8, 4) is 6.07 Å². The molecule has 94 valence electrons. The topological polar surface area (TPSA) is 45.0 Å². The summed E-state index contributed by atoms with van der Waals surface area (Å²) >= 11 is 0. The molecule has 0 spiro atoms. The predicted molar refractivity (Wildman–Crippen MR) is 53.8 cm³/mol. The van der Waals surface area contributed by atoms with E-state index in [1.165, 1.54) is 6.07 Å². The molecule has 0 aliphatic carbocycles. The molecular formula is C10H17F3N2O. The Labute approximate surface area is 93.6 Å². The highest BCUT2D eigenvalue weighted by molar-refractivity contribution is 4.89. The first-order chi connectivity index (χ1) is 7.52. The molecule has 0 saturated heterocycles. The zero-order valence-corrected chi connectivity index (χ0v) is 9.31. The normalized spacial score (nSPS) is 13.4. The lowest BCUT2D eigenvalue weighted by molar-refractivity contribution is -0.157. The highest BCUT2D eigenvalue weighted by Crippen LogP contribution is 2.24. The molecule has 0 fully saturated rings. The summed E-state index contributed by atoms with van der Waals surface area (Å²) in [4.78, 5) is 0. The van der Waals surface area contributed by atoms with Crippen LogP contribution in [0.2, 0.25) is 0 Å². The maximum absolute atomic E-state index is 12.1. The molecule has 0 heterocycles. The first kappa shape index (κ1) is 15.2. The summed E-state index contributed by atoms with van der Waals surface area (Å²) in [5.41, 5.74) is 0. The Morgan fingerprint density at radius 2 is 2.06 bits per heavy atom. The van der Waals surface area contributed by atoms with Gasteiger partial charge in [-0.3, -0.25) is 0 Å². The fraction of sp³-hybridized carbons (Fsp3) is 0.900. The first-order valence-corrected chi connectivity index (χ1v) is 5.27. The average molecular weight is 238 g/mol. The maximum atomic E-state index is 12.1. The lowest BCUT2D eigenvalue weighted by atomic mass is 10.1. The van der Waals surface area contributed by atoms with Crippen LogP contribution in [0.3, 0.4) is 0 Å². The number of nitrogens with one attached hydrogen (secondary N) is 1. The van der Waals surface area contributed by atoms with E-state index in [0.717, 1.165) is 6.42 Å². The van der Waals surface area contributed by atoms with Crippen LogP contribution in [-0.4, -0.2) is 32.5 Å². The summed E-state index contributed by atoms with van der Waals surface area (Å²) in [7, 11) is 0. The summed E-state index contributed by atoms with van der Waals surface area (Å²) < 4.78 is 41.5. The van der Waals surface area contributed by atoms with Crippen LogP contribution in [-0.2, 0) is 4.74 Å². The van der Waals surface area contributed by atoms with Crippen molar-refractivity contribution in [1.82, 2.24) is 5.32 Å². The summed E-state index contributed by atoms with van der Waals surface area (Å²) in [5.74, 6) is -1.93. The smallest absolute Gasteiger partial charge is 0.381 e. The standard InChI is InChI=1S/C10H17F3N2O/c1-2-5-16-6-3-4-15-8-9(7-14)10(11,12)13/h9,15H,2-6,8H2,1H3. The Hall–Kier alpha value is -0.800. The molecule has 0 aromatic heterocycles. The quantitative estimate of drug-likeness (QED) is 0.658. The third kappa shape index (κ3) is 7.49. The third-order valence-electron chi connectivity index (χ3n) is 1.89. The maximum Gasteiger partial charge on any atom is 0.405 e. The Morgan fingerprint density at radius 3 is 2.56 bits per heavy atom. The number of nitriles is 1. The van der Waals surface area contributed by atoms with Crippen LogP contribution in [0, 0.1) is 17.2 Å². The minimum atomic E-state index is -4.44. The van der Waals surface area contributed by atoms with Crippen molar-refractivity contribution >= 4 is 0 Å². The molecule has 0 bridgehead atoms. The molecule has 0 aliphatic heterocycles. The van der Waals surface area contributed by atoms with Gasteiger partial charge in [-0.1, -0.05) is 6.92 Å². The van der Waals surface area contributed by atoms with Gasteiger partial charge >= 0.3 is 6.18 Å². The number of rotatable bonds is 8. The molecular weight excluding hydrogens is 221 g/mol. The predicted octanol–water partition coefficient (Wildman–Crippen LogP) is 2.09. The summed E-state index contributed by atoms with van der Waals surface area (Å²) in [6, 6.07) is 1.23. The van der Waals surface area contributed by atoms with Gasteiger partial charge in [-0.05, 0) is 19.4 Å². The molecule has 1 N–H and O–H groups in total. The molecule has 0 aliphatic rings. The number of hydrogen-bond acceptors (Lipinski definition) is 3.